The number of hydrogen-bond donors (Lipinski definition) is 1. The summed E-state index contributed by atoms with van der Waals surface area (Å²) in [7, 11) is 0. The van der Waals surface area contributed by atoms with Crippen LogP contribution in [0.25, 0.3) is 0 Å². The van der Waals surface area contributed by atoms with Gasteiger partial charge in [-0.3, -0.25) is 4.79 Å². The number of halogens is 2. The van der Waals surface area contributed by atoms with Gasteiger partial charge in [0.25, 0.3) is 0 Å². The van der Waals surface area contributed by atoms with Crippen molar-refractivity contribution in [1.82, 2.24) is 0 Å². The molecule has 0 saturated carbocycles. The minimum Gasteiger partial charge on any atom is -0.487 e. The maximum absolute atomic E-state index is 11.1. The number of benzene rings is 2. The van der Waals surface area contributed by atoms with Gasteiger partial charge in [0.05, 0.1) is 5.02 Å². The zero-order valence-electron chi connectivity index (χ0n) is 9.90. The third kappa shape index (κ3) is 3.40. The first-order valence-corrected chi connectivity index (χ1v) is 6.29. The van der Waals surface area contributed by atoms with Crippen molar-refractivity contribution in [2.75, 3.05) is 0 Å². The second kappa shape index (κ2) is 5.95. The molecular formula is C14H11Cl2NO2. The Morgan fingerprint density at radius 2 is 1.89 bits per heavy atom. The highest BCUT2D eigenvalue weighted by Gasteiger charge is 2.06. The lowest BCUT2D eigenvalue weighted by atomic mass is 10.1. The van der Waals surface area contributed by atoms with Crippen molar-refractivity contribution < 1.29 is 9.53 Å². The summed E-state index contributed by atoms with van der Waals surface area (Å²) in [6.07, 6.45) is 0. The summed E-state index contributed by atoms with van der Waals surface area (Å²) in [5, 5.41) is 0.806. The van der Waals surface area contributed by atoms with Crippen LogP contribution in [0.3, 0.4) is 0 Å². The number of amides is 1. The van der Waals surface area contributed by atoms with Gasteiger partial charge in [-0.15, -0.1) is 0 Å². The fourth-order valence-electron chi connectivity index (χ4n) is 1.57. The number of nitrogens with two attached hydrogens (primary N) is 1. The van der Waals surface area contributed by atoms with E-state index in [4.69, 9.17) is 33.7 Å². The Hall–Kier alpha value is -1.71. The highest BCUT2D eigenvalue weighted by molar-refractivity contribution is 6.42. The molecular weight excluding hydrogens is 285 g/mol. The standard InChI is InChI=1S/C14H11Cl2NO2/c15-11-5-2-6-12(13(11)16)19-8-9-3-1-4-10(7-9)14(17)18/h1-7H,8H2,(H2,17,18). The van der Waals surface area contributed by atoms with E-state index in [0.29, 0.717) is 21.4 Å². The molecule has 0 aliphatic carbocycles. The lowest BCUT2D eigenvalue weighted by Gasteiger charge is -2.09. The fraction of sp³-hybridized carbons (Fsp3) is 0.0714. The second-order valence-corrected chi connectivity index (χ2v) is 4.69. The zero-order chi connectivity index (χ0) is 13.8. The lowest BCUT2D eigenvalue weighted by molar-refractivity contribution is 0.1000. The van der Waals surface area contributed by atoms with E-state index >= 15 is 0 Å². The number of rotatable bonds is 4. The van der Waals surface area contributed by atoms with E-state index in [1.54, 1.807) is 36.4 Å². The van der Waals surface area contributed by atoms with Gasteiger partial charge < -0.3 is 10.5 Å². The van der Waals surface area contributed by atoms with Gasteiger partial charge in [0, 0.05) is 5.56 Å². The van der Waals surface area contributed by atoms with E-state index in [2.05, 4.69) is 0 Å². The second-order valence-electron chi connectivity index (χ2n) is 3.91. The third-order valence-electron chi connectivity index (χ3n) is 2.52. The highest BCUT2D eigenvalue weighted by Crippen LogP contribution is 2.31. The molecule has 2 N–H and O–H groups in total. The molecule has 0 aliphatic heterocycles. The summed E-state index contributed by atoms with van der Waals surface area (Å²) >= 11 is 11.9. The van der Waals surface area contributed by atoms with Crippen LogP contribution in [0.15, 0.2) is 42.5 Å². The molecule has 0 unspecified atom stereocenters. The fourth-order valence-corrected chi connectivity index (χ4v) is 1.92. The SMILES string of the molecule is NC(=O)c1cccc(COc2cccc(Cl)c2Cl)c1. The Labute approximate surface area is 120 Å². The number of carbonyl (C=O) groups is 1. The van der Waals surface area contributed by atoms with Crippen LogP contribution in [0.2, 0.25) is 10.0 Å². The molecule has 0 atom stereocenters. The van der Waals surface area contributed by atoms with Gasteiger partial charge in [0.15, 0.2) is 0 Å². The van der Waals surface area contributed by atoms with Crippen molar-refractivity contribution in [1.29, 1.82) is 0 Å². The monoisotopic (exact) mass is 295 g/mol. The summed E-state index contributed by atoms with van der Waals surface area (Å²) in [6, 6.07) is 12.1. The Kier molecular flexibility index (Phi) is 4.30. The number of carbonyl (C=O) groups excluding carboxylic acids is 1. The minimum atomic E-state index is -0.470. The third-order valence-corrected chi connectivity index (χ3v) is 3.32. The van der Waals surface area contributed by atoms with Crippen LogP contribution in [-0.4, -0.2) is 5.91 Å². The maximum atomic E-state index is 11.1. The molecule has 2 rings (SSSR count). The van der Waals surface area contributed by atoms with Crippen LogP contribution in [-0.2, 0) is 6.61 Å². The van der Waals surface area contributed by atoms with Crippen LogP contribution in [0.5, 0.6) is 5.75 Å². The molecule has 2 aromatic carbocycles. The molecule has 0 saturated heterocycles. The molecule has 0 aliphatic rings. The maximum Gasteiger partial charge on any atom is 0.248 e. The Balaban J connectivity index is 2.12. The molecule has 2 aromatic rings. The van der Waals surface area contributed by atoms with Gasteiger partial charge in [-0.2, -0.15) is 0 Å². The lowest BCUT2D eigenvalue weighted by Crippen LogP contribution is -2.11. The van der Waals surface area contributed by atoms with Crippen LogP contribution in [0.4, 0.5) is 0 Å². The smallest absolute Gasteiger partial charge is 0.248 e. The first-order valence-electron chi connectivity index (χ1n) is 5.53. The van der Waals surface area contributed by atoms with Crippen molar-refractivity contribution in [3.8, 4) is 5.75 Å². The van der Waals surface area contributed by atoms with E-state index in [0.717, 1.165) is 5.56 Å². The Bertz CT molecular complexity index is 614. The van der Waals surface area contributed by atoms with Gasteiger partial charge in [0.2, 0.25) is 5.91 Å². The molecule has 0 heterocycles. The first-order chi connectivity index (χ1) is 9.08. The molecule has 0 fully saturated rings. The molecule has 0 bridgehead atoms. The van der Waals surface area contributed by atoms with E-state index in [1.165, 1.54) is 0 Å². The Morgan fingerprint density at radius 1 is 1.16 bits per heavy atom. The molecule has 5 heteroatoms. The van der Waals surface area contributed by atoms with E-state index in [1.807, 2.05) is 6.07 Å². The molecule has 19 heavy (non-hydrogen) atoms. The summed E-state index contributed by atoms with van der Waals surface area (Å²) in [6.45, 7) is 0.279. The summed E-state index contributed by atoms with van der Waals surface area (Å²) < 4.78 is 5.57. The van der Waals surface area contributed by atoms with E-state index in [9.17, 15) is 4.79 Å². The van der Waals surface area contributed by atoms with Gasteiger partial charge in [-0.05, 0) is 29.8 Å². The van der Waals surface area contributed by atoms with E-state index < -0.39 is 5.91 Å². The van der Waals surface area contributed by atoms with Crippen LogP contribution in [0, 0.1) is 0 Å². The average Bonchev–Trinajstić information content (AvgIpc) is 2.41. The molecule has 0 radical (unpaired) electrons. The predicted molar refractivity (Wildman–Crippen MR) is 75.8 cm³/mol. The van der Waals surface area contributed by atoms with Crippen molar-refractivity contribution in [3.63, 3.8) is 0 Å². The molecule has 1 amide bonds. The number of hydrogen-bond acceptors (Lipinski definition) is 2. The van der Waals surface area contributed by atoms with Gasteiger partial charge in [-0.1, -0.05) is 41.4 Å². The number of primary amides is 1. The molecule has 0 spiro atoms. The van der Waals surface area contributed by atoms with Gasteiger partial charge >= 0.3 is 0 Å². The van der Waals surface area contributed by atoms with Crippen molar-refractivity contribution >= 4 is 29.1 Å². The van der Waals surface area contributed by atoms with Gasteiger partial charge in [0.1, 0.15) is 17.4 Å². The quantitative estimate of drug-likeness (QED) is 0.935. The molecule has 0 aromatic heterocycles. The summed E-state index contributed by atoms with van der Waals surface area (Å²) in [5.41, 5.74) is 6.48. The van der Waals surface area contributed by atoms with Crippen LogP contribution < -0.4 is 10.5 Å². The van der Waals surface area contributed by atoms with Crippen molar-refractivity contribution in [2.24, 2.45) is 5.73 Å². The Morgan fingerprint density at radius 3 is 2.63 bits per heavy atom. The van der Waals surface area contributed by atoms with Crippen molar-refractivity contribution in [3.05, 3.63) is 63.6 Å². The topological polar surface area (TPSA) is 52.3 Å². The zero-order valence-corrected chi connectivity index (χ0v) is 11.4. The van der Waals surface area contributed by atoms with Crippen molar-refractivity contribution in [2.45, 2.75) is 6.61 Å². The van der Waals surface area contributed by atoms with Crippen LogP contribution >= 0.6 is 23.2 Å². The highest BCUT2D eigenvalue weighted by atomic mass is 35.5. The van der Waals surface area contributed by atoms with E-state index in [-0.39, 0.29) is 6.61 Å². The largest absolute Gasteiger partial charge is 0.487 e. The number of ether oxygens (including phenoxy) is 1. The minimum absolute atomic E-state index is 0.279. The van der Waals surface area contributed by atoms with Crippen LogP contribution in [0.1, 0.15) is 15.9 Å². The first kappa shape index (κ1) is 13.7. The molecule has 98 valence electrons. The normalized spacial score (nSPS) is 10.2. The predicted octanol–water partition coefficient (Wildman–Crippen LogP) is 3.67. The molecule has 3 nitrogen and oxygen atoms in total. The van der Waals surface area contributed by atoms with Gasteiger partial charge in [-0.25, -0.2) is 0 Å². The average molecular weight is 296 g/mol. The summed E-state index contributed by atoms with van der Waals surface area (Å²) in [5.74, 6) is 0.0290. The summed E-state index contributed by atoms with van der Waals surface area (Å²) in [4.78, 5) is 11.1.